The Morgan fingerprint density at radius 1 is 1.33 bits per heavy atom. The highest BCUT2D eigenvalue weighted by molar-refractivity contribution is 7.91. The fraction of sp³-hybridized carbons (Fsp3) is 0.500. The van der Waals surface area contributed by atoms with Crippen LogP contribution in [-0.2, 0) is 14.6 Å². The number of hydrogen-bond donors (Lipinski definition) is 1. The van der Waals surface area contributed by atoms with Crippen molar-refractivity contribution in [2.75, 3.05) is 18.1 Å². The molecule has 0 radical (unpaired) electrons. The van der Waals surface area contributed by atoms with E-state index in [1.807, 2.05) is 20.8 Å². The molecule has 102 valence electrons. The van der Waals surface area contributed by atoms with Crippen LogP contribution in [0.1, 0.15) is 20.8 Å². The number of nitrogens with two attached hydrogens (primary N) is 1. The van der Waals surface area contributed by atoms with Crippen LogP contribution in [0.4, 0.5) is 10.1 Å². The highest BCUT2D eigenvalue weighted by Crippen LogP contribution is 2.21. The SMILES string of the molecule is CC(C)(C)OCCS(=O)(=O)c1cc(F)ccc1N. The molecule has 6 heteroatoms. The molecule has 0 atom stereocenters. The highest BCUT2D eigenvalue weighted by Gasteiger charge is 2.20. The first-order valence-corrected chi connectivity index (χ1v) is 7.19. The second-order valence-corrected chi connectivity index (χ2v) is 7.04. The molecule has 2 N–H and O–H groups in total. The number of nitrogen functional groups attached to an aromatic ring is 1. The summed E-state index contributed by atoms with van der Waals surface area (Å²) in [5.41, 5.74) is 5.18. The molecule has 0 aliphatic carbocycles. The third-order valence-electron chi connectivity index (χ3n) is 2.20. The minimum atomic E-state index is -3.63. The van der Waals surface area contributed by atoms with Crippen molar-refractivity contribution in [2.45, 2.75) is 31.3 Å². The zero-order chi connectivity index (χ0) is 14.0. The second-order valence-electron chi connectivity index (χ2n) is 4.96. The monoisotopic (exact) mass is 275 g/mol. The van der Waals surface area contributed by atoms with Crippen molar-refractivity contribution in [1.29, 1.82) is 0 Å². The number of ether oxygens (including phenoxy) is 1. The first kappa shape index (κ1) is 14.9. The van der Waals surface area contributed by atoms with Crippen molar-refractivity contribution >= 4 is 15.5 Å². The number of hydrogen-bond acceptors (Lipinski definition) is 4. The molecular formula is C12H18FNO3S. The van der Waals surface area contributed by atoms with Crippen LogP contribution in [0, 0.1) is 5.82 Å². The lowest BCUT2D eigenvalue weighted by atomic mass is 10.2. The quantitative estimate of drug-likeness (QED) is 0.853. The zero-order valence-corrected chi connectivity index (χ0v) is 11.6. The van der Waals surface area contributed by atoms with Gasteiger partial charge in [-0.25, -0.2) is 12.8 Å². The Morgan fingerprint density at radius 3 is 2.50 bits per heavy atom. The van der Waals surface area contributed by atoms with Gasteiger partial charge in [0.2, 0.25) is 0 Å². The van der Waals surface area contributed by atoms with Gasteiger partial charge in [-0.3, -0.25) is 0 Å². The zero-order valence-electron chi connectivity index (χ0n) is 10.7. The van der Waals surface area contributed by atoms with Crippen molar-refractivity contribution in [2.24, 2.45) is 0 Å². The maximum atomic E-state index is 13.0. The van der Waals surface area contributed by atoms with Gasteiger partial charge in [0.15, 0.2) is 9.84 Å². The molecule has 0 spiro atoms. The van der Waals surface area contributed by atoms with Gasteiger partial charge in [-0.2, -0.15) is 0 Å². The lowest BCUT2D eigenvalue weighted by molar-refractivity contribution is 0.00645. The molecule has 0 amide bonds. The summed E-state index contributed by atoms with van der Waals surface area (Å²) in [7, 11) is -3.63. The molecule has 0 aromatic heterocycles. The van der Waals surface area contributed by atoms with E-state index in [9.17, 15) is 12.8 Å². The highest BCUT2D eigenvalue weighted by atomic mass is 32.2. The molecule has 18 heavy (non-hydrogen) atoms. The summed E-state index contributed by atoms with van der Waals surface area (Å²) in [4.78, 5) is -0.181. The van der Waals surface area contributed by atoms with Gasteiger partial charge < -0.3 is 10.5 Å². The van der Waals surface area contributed by atoms with Crippen LogP contribution < -0.4 is 5.73 Å². The van der Waals surface area contributed by atoms with Crippen molar-refractivity contribution in [3.8, 4) is 0 Å². The predicted molar refractivity (Wildman–Crippen MR) is 68.6 cm³/mol. The molecule has 1 aromatic carbocycles. The maximum Gasteiger partial charge on any atom is 0.182 e. The summed E-state index contributed by atoms with van der Waals surface area (Å²) < 4.78 is 42.3. The van der Waals surface area contributed by atoms with Crippen molar-refractivity contribution in [1.82, 2.24) is 0 Å². The van der Waals surface area contributed by atoms with Gasteiger partial charge in [0.05, 0.1) is 28.5 Å². The van der Waals surface area contributed by atoms with E-state index in [4.69, 9.17) is 10.5 Å². The van der Waals surface area contributed by atoms with Gasteiger partial charge in [0.25, 0.3) is 0 Å². The molecule has 1 rings (SSSR count). The van der Waals surface area contributed by atoms with Gasteiger partial charge in [0.1, 0.15) is 5.82 Å². The fourth-order valence-corrected chi connectivity index (χ4v) is 2.59. The molecule has 0 aliphatic heterocycles. The van der Waals surface area contributed by atoms with E-state index in [1.165, 1.54) is 6.07 Å². The number of rotatable bonds is 4. The smallest absolute Gasteiger partial charge is 0.182 e. The summed E-state index contributed by atoms with van der Waals surface area (Å²) in [5, 5.41) is 0. The first-order chi connectivity index (χ1) is 8.12. The molecule has 0 saturated carbocycles. The summed E-state index contributed by atoms with van der Waals surface area (Å²) >= 11 is 0. The van der Waals surface area contributed by atoms with E-state index < -0.39 is 21.3 Å². The van der Waals surface area contributed by atoms with Crippen LogP contribution >= 0.6 is 0 Å². The normalized spacial score (nSPS) is 12.7. The molecule has 0 fully saturated rings. The maximum absolute atomic E-state index is 13.0. The molecule has 0 aliphatic rings. The fourth-order valence-electron chi connectivity index (χ4n) is 1.35. The molecule has 4 nitrogen and oxygen atoms in total. The summed E-state index contributed by atoms with van der Waals surface area (Å²) in [6, 6.07) is 3.30. The Kier molecular flexibility index (Phi) is 4.34. The molecule has 0 heterocycles. The molecule has 1 aromatic rings. The Bertz CT molecular complexity index is 521. The molecule has 0 bridgehead atoms. The van der Waals surface area contributed by atoms with Crippen LogP contribution in [0.15, 0.2) is 23.1 Å². The van der Waals surface area contributed by atoms with E-state index in [0.29, 0.717) is 0 Å². The molecule has 0 unspecified atom stereocenters. The van der Waals surface area contributed by atoms with Gasteiger partial charge in [-0.05, 0) is 39.0 Å². The van der Waals surface area contributed by atoms with E-state index in [0.717, 1.165) is 12.1 Å². The van der Waals surface area contributed by atoms with E-state index in [-0.39, 0.29) is 22.9 Å². The summed E-state index contributed by atoms with van der Waals surface area (Å²) in [6.45, 7) is 5.53. The standard InChI is InChI=1S/C12H18FNO3S/c1-12(2,3)17-6-7-18(15,16)11-8-9(13)4-5-10(11)14/h4-5,8H,6-7,14H2,1-3H3. The van der Waals surface area contributed by atoms with Crippen LogP contribution in [0.2, 0.25) is 0 Å². The van der Waals surface area contributed by atoms with Gasteiger partial charge in [0, 0.05) is 0 Å². The van der Waals surface area contributed by atoms with Crippen LogP contribution in [0.25, 0.3) is 0 Å². The number of anilines is 1. The third-order valence-corrected chi connectivity index (χ3v) is 3.93. The van der Waals surface area contributed by atoms with Crippen molar-refractivity contribution in [3.63, 3.8) is 0 Å². The average Bonchev–Trinajstić information content (AvgIpc) is 2.19. The largest absolute Gasteiger partial charge is 0.398 e. The van der Waals surface area contributed by atoms with Gasteiger partial charge in [-0.1, -0.05) is 0 Å². The summed E-state index contributed by atoms with van der Waals surface area (Å²) in [5.74, 6) is -0.850. The van der Waals surface area contributed by atoms with Crippen LogP contribution in [0.3, 0.4) is 0 Å². The van der Waals surface area contributed by atoms with Crippen molar-refractivity contribution in [3.05, 3.63) is 24.0 Å². The lowest BCUT2D eigenvalue weighted by Crippen LogP contribution is -2.24. The summed E-state index contributed by atoms with van der Waals surface area (Å²) in [6.07, 6.45) is 0. The topological polar surface area (TPSA) is 69.4 Å². The van der Waals surface area contributed by atoms with E-state index in [2.05, 4.69) is 0 Å². The average molecular weight is 275 g/mol. The van der Waals surface area contributed by atoms with Crippen molar-refractivity contribution < 1.29 is 17.5 Å². The van der Waals surface area contributed by atoms with Crippen LogP contribution in [-0.4, -0.2) is 26.4 Å². The third kappa shape index (κ3) is 4.27. The second kappa shape index (κ2) is 5.24. The minimum Gasteiger partial charge on any atom is -0.398 e. The molecular weight excluding hydrogens is 257 g/mol. The van der Waals surface area contributed by atoms with Crippen LogP contribution in [0.5, 0.6) is 0 Å². The predicted octanol–water partition coefficient (Wildman–Crippen LogP) is 2.00. The Labute approximate surface area is 107 Å². The number of halogens is 1. The minimum absolute atomic E-state index is 0.0434. The van der Waals surface area contributed by atoms with Gasteiger partial charge in [-0.15, -0.1) is 0 Å². The molecule has 0 saturated heterocycles. The number of benzene rings is 1. The van der Waals surface area contributed by atoms with Gasteiger partial charge >= 0.3 is 0 Å². The Balaban J connectivity index is 2.84. The first-order valence-electron chi connectivity index (χ1n) is 5.53. The lowest BCUT2D eigenvalue weighted by Gasteiger charge is -2.19. The number of sulfone groups is 1. The van der Waals surface area contributed by atoms with E-state index >= 15 is 0 Å². The van der Waals surface area contributed by atoms with E-state index in [1.54, 1.807) is 0 Å². The Morgan fingerprint density at radius 2 is 1.94 bits per heavy atom. The Hall–Kier alpha value is -1.14.